The van der Waals surface area contributed by atoms with Crippen molar-refractivity contribution >= 4 is 5.97 Å². The van der Waals surface area contributed by atoms with E-state index in [0.29, 0.717) is 12.5 Å². The van der Waals surface area contributed by atoms with Gasteiger partial charge in [0.2, 0.25) is 5.88 Å². The highest BCUT2D eigenvalue weighted by atomic mass is 16.5. The Balaban J connectivity index is 2.00. The molecule has 0 saturated heterocycles. The highest BCUT2D eigenvalue weighted by Crippen LogP contribution is 2.50. The van der Waals surface area contributed by atoms with E-state index in [9.17, 15) is 4.79 Å². The lowest BCUT2D eigenvalue weighted by molar-refractivity contribution is 0.0684. The molecule has 1 spiro atoms. The largest absolute Gasteiger partial charge is 0.477 e. The molecule has 74 valence electrons. The van der Waals surface area contributed by atoms with Crippen LogP contribution < -0.4 is 4.74 Å². The van der Waals surface area contributed by atoms with Crippen molar-refractivity contribution in [3.8, 4) is 5.88 Å². The second-order valence-electron chi connectivity index (χ2n) is 4.11. The Bertz CT molecular complexity index is 406. The first-order valence-corrected chi connectivity index (χ1v) is 4.62. The van der Waals surface area contributed by atoms with E-state index in [2.05, 4.69) is 5.10 Å². The quantitative estimate of drug-likeness (QED) is 0.716. The zero-order chi connectivity index (χ0) is 9.76. The summed E-state index contributed by atoms with van der Waals surface area (Å²) in [6, 6.07) is 0. The van der Waals surface area contributed by atoms with Gasteiger partial charge in [0.25, 0.3) is 0 Å². The van der Waals surface area contributed by atoms with Crippen molar-refractivity contribution in [1.82, 2.24) is 9.78 Å². The highest BCUT2D eigenvalue weighted by Gasteiger charge is 2.47. The molecular formula is C9H10N2O3. The van der Waals surface area contributed by atoms with Crippen LogP contribution in [0.5, 0.6) is 5.88 Å². The Hall–Kier alpha value is -1.52. The monoisotopic (exact) mass is 194 g/mol. The number of carbonyl (C=O) groups is 1. The predicted octanol–water partition coefficient (Wildman–Crippen LogP) is 0.754. The smallest absolute Gasteiger partial charge is 0.342 e. The molecule has 3 rings (SSSR count). The highest BCUT2D eigenvalue weighted by molar-refractivity contribution is 5.90. The molecule has 5 heteroatoms. The molecule has 2 heterocycles. The summed E-state index contributed by atoms with van der Waals surface area (Å²) in [5.74, 6) is -0.562. The van der Waals surface area contributed by atoms with E-state index in [0.717, 1.165) is 19.4 Å². The molecule has 1 saturated carbocycles. The van der Waals surface area contributed by atoms with Crippen LogP contribution in [0.25, 0.3) is 0 Å². The number of carboxylic acid groups (broad SMARTS) is 1. The van der Waals surface area contributed by atoms with E-state index < -0.39 is 5.97 Å². The van der Waals surface area contributed by atoms with Crippen LogP contribution in [0, 0.1) is 5.41 Å². The van der Waals surface area contributed by atoms with Gasteiger partial charge in [0.1, 0.15) is 5.56 Å². The lowest BCUT2D eigenvalue weighted by Crippen LogP contribution is -2.27. The molecule has 0 amide bonds. The van der Waals surface area contributed by atoms with Crippen molar-refractivity contribution in [2.24, 2.45) is 5.41 Å². The molecule has 5 nitrogen and oxygen atoms in total. The van der Waals surface area contributed by atoms with Gasteiger partial charge in [-0.2, -0.15) is 5.10 Å². The molecule has 0 bridgehead atoms. The first-order chi connectivity index (χ1) is 6.70. The van der Waals surface area contributed by atoms with Gasteiger partial charge in [0, 0.05) is 5.41 Å². The summed E-state index contributed by atoms with van der Waals surface area (Å²) in [5, 5.41) is 12.9. The van der Waals surface area contributed by atoms with Crippen molar-refractivity contribution in [2.45, 2.75) is 19.4 Å². The van der Waals surface area contributed by atoms with Gasteiger partial charge in [-0.25, -0.2) is 9.48 Å². The van der Waals surface area contributed by atoms with Crippen LogP contribution in [-0.4, -0.2) is 27.5 Å². The summed E-state index contributed by atoms with van der Waals surface area (Å²) in [6.07, 6.45) is 3.68. The Morgan fingerprint density at radius 2 is 2.43 bits per heavy atom. The number of nitrogens with zero attached hydrogens (tertiary/aromatic N) is 2. The van der Waals surface area contributed by atoms with Crippen LogP contribution in [0.15, 0.2) is 6.20 Å². The summed E-state index contributed by atoms with van der Waals surface area (Å²) in [4.78, 5) is 10.8. The molecule has 0 unspecified atom stereocenters. The van der Waals surface area contributed by atoms with E-state index >= 15 is 0 Å². The number of fused-ring (bicyclic) bond motifs is 1. The average Bonchev–Trinajstić information content (AvgIpc) is 2.77. The second kappa shape index (κ2) is 2.29. The second-order valence-corrected chi connectivity index (χ2v) is 4.11. The Kier molecular flexibility index (Phi) is 1.28. The average molecular weight is 194 g/mol. The Morgan fingerprint density at radius 3 is 3.07 bits per heavy atom. The molecule has 1 N–H and O–H groups in total. The van der Waals surface area contributed by atoms with Crippen LogP contribution in [0.3, 0.4) is 0 Å². The first-order valence-electron chi connectivity index (χ1n) is 4.62. The molecule has 1 aliphatic carbocycles. The molecule has 0 radical (unpaired) electrons. The zero-order valence-electron chi connectivity index (χ0n) is 7.56. The topological polar surface area (TPSA) is 64.3 Å². The number of ether oxygens (including phenoxy) is 1. The van der Waals surface area contributed by atoms with Crippen LogP contribution in [0.2, 0.25) is 0 Å². The fourth-order valence-electron chi connectivity index (χ4n) is 1.85. The Labute approximate surface area is 80.3 Å². The van der Waals surface area contributed by atoms with Gasteiger partial charge in [-0.15, -0.1) is 0 Å². The summed E-state index contributed by atoms with van der Waals surface area (Å²) in [6.45, 7) is 1.44. The van der Waals surface area contributed by atoms with E-state index in [1.54, 1.807) is 4.68 Å². The number of hydrogen-bond donors (Lipinski definition) is 1. The minimum absolute atomic E-state index is 0.167. The number of aromatic carboxylic acids is 1. The van der Waals surface area contributed by atoms with Crippen molar-refractivity contribution in [1.29, 1.82) is 0 Å². The minimum atomic E-state index is -0.974. The molecule has 14 heavy (non-hydrogen) atoms. The van der Waals surface area contributed by atoms with Gasteiger partial charge >= 0.3 is 5.97 Å². The molecule has 1 aromatic rings. The summed E-state index contributed by atoms with van der Waals surface area (Å²) in [7, 11) is 0. The number of rotatable bonds is 1. The minimum Gasteiger partial charge on any atom is -0.477 e. The molecule has 1 fully saturated rings. The third kappa shape index (κ3) is 0.950. The third-order valence-corrected chi connectivity index (χ3v) is 2.98. The molecular weight excluding hydrogens is 184 g/mol. The molecule has 1 aliphatic heterocycles. The maximum atomic E-state index is 10.8. The molecule has 1 aromatic heterocycles. The Morgan fingerprint density at radius 1 is 1.64 bits per heavy atom. The fraction of sp³-hybridized carbons (Fsp3) is 0.556. The van der Waals surface area contributed by atoms with Gasteiger partial charge in [-0.05, 0) is 12.8 Å². The first kappa shape index (κ1) is 7.84. The van der Waals surface area contributed by atoms with E-state index in [4.69, 9.17) is 9.84 Å². The summed E-state index contributed by atoms with van der Waals surface area (Å²) >= 11 is 0. The normalized spacial score (nSPS) is 21.4. The maximum absolute atomic E-state index is 10.8. The summed E-state index contributed by atoms with van der Waals surface area (Å²) in [5.41, 5.74) is 0.426. The van der Waals surface area contributed by atoms with Crippen LogP contribution >= 0.6 is 0 Å². The third-order valence-electron chi connectivity index (χ3n) is 2.98. The van der Waals surface area contributed by atoms with Crippen LogP contribution in [0.1, 0.15) is 23.2 Å². The van der Waals surface area contributed by atoms with Crippen LogP contribution in [0.4, 0.5) is 0 Å². The van der Waals surface area contributed by atoms with E-state index in [1.165, 1.54) is 6.20 Å². The maximum Gasteiger partial charge on any atom is 0.342 e. The van der Waals surface area contributed by atoms with Crippen molar-refractivity contribution < 1.29 is 14.6 Å². The predicted molar refractivity (Wildman–Crippen MR) is 46.3 cm³/mol. The van der Waals surface area contributed by atoms with Gasteiger partial charge in [-0.1, -0.05) is 0 Å². The number of hydrogen-bond acceptors (Lipinski definition) is 3. The van der Waals surface area contributed by atoms with Gasteiger partial charge in [-0.3, -0.25) is 0 Å². The SMILES string of the molecule is O=C(O)c1cnn2c1OCC1(CC1)C2. The van der Waals surface area contributed by atoms with Crippen molar-refractivity contribution in [3.63, 3.8) is 0 Å². The zero-order valence-corrected chi connectivity index (χ0v) is 7.56. The lowest BCUT2D eigenvalue weighted by Gasteiger charge is -2.23. The summed E-state index contributed by atoms with van der Waals surface area (Å²) < 4.78 is 7.12. The van der Waals surface area contributed by atoms with Crippen LogP contribution in [-0.2, 0) is 6.54 Å². The van der Waals surface area contributed by atoms with Crippen molar-refractivity contribution in [3.05, 3.63) is 11.8 Å². The standard InChI is InChI=1S/C9H10N2O3/c12-8(13)6-3-10-11-4-9(1-2-9)5-14-7(6)11/h3H,1-2,4-5H2,(H,12,13). The number of carboxylic acids is 1. The van der Waals surface area contributed by atoms with Crippen molar-refractivity contribution in [2.75, 3.05) is 6.61 Å². The number of aromatic nitrogens is 2. The molecule has 0 aromatic carbocycles. The molecule has 2 aliphatic rings. The fourth-order valence-corrected chi connectivity index (χ4v) is 1.85. The van der Waals surface area contributed by atoms with E-state index in [1.807, 2.05) is 0 Å². The van der Waals surface area contributed by atoms with E-state index in [-0.39, 0.29) is 11.0 Å². The van der Waals surface area contributed by atoms with Gasteiger partial charge in [0.15, 0.2) is 0 Å². The molecule has 0 atom stereocenters. The van der Waals surface area contributed by atoms with Gasteiger partial charge in [0.05, 0.1) is 19.3 Å². The lowest BCUT2D eigenvalue weighted by atomic mass is 10.1. The van der Waals surface area contributed by atoms with Gasteiger partial charge < -0.3 is 9.84 Å².